The van der Waals surface area contributed by atoms with E-state index in [2.05, 4.69) is 5.32 Å². The lowest BCUT2D eigenvalue weighted by Gasteiger charge is -2.12. The van der Waals surface area contributed by atoms with Crippen LogP contribution in [0.5, 0.6) is 0 Å². The van der Waals surface area contributed by atoms with Crippen molar-refractivity contribution in [3.63, 3.8) is 0 Å². The van der Waals surface area contributed by atoms with Crippen molar-refractivity contribution in [3.05, 3.63) is 71.5 Å². The molecule has 0 amide bonds. The summed E-state index contributed by atoms with van der Waals surface area (Å²) in [5.41, 5.74) is 1.75. The first-order valence-corrected chi connectivity index (χ1v) is 5.94. The van der Waals surface area contributed by atoms with E-state index < -0.39 is 6.10 Å². The SMILES string of the molecule is O[C@H](CNCc1ccccc1)c1cccc(F)c1. The van der Waals surface area contributed by atoms with Gasteiger partial charge in [-0.2, -0.15) is 0 Å². The van der Waals surface area contributed by atoms with Gasteiger partial charge in [-0.3, -0.25) is 0 Å². The highest BCUT2D eigenvalue weighted by Crippen LogP contribution is 2.13. The Bertz CT molecular complexity index is 487. The summed E-state index contributed by atoms with van der Waals surface area (Å²) in [4.78, 5) is 0. The molecular formula is C15H16FNO. The molecule has 0 heterocycles. The minimum absolute atomic E-state index is 0.324. The lowest BCUT2D eigenvalue weighted by Crippen LogP contribution is -2.21. The average Bonchev–Trinajstić information content (AvgIpc) is 2.40. The molecule has 0 aliphatic heterocycles. The lowest BCUT2D eigenvalue weighted by molar-refractivity contribution is 0.174. The fraction of sp³-hybridized carbons (Fsp3) is 0.200. The van der Waals surface area contributed by atoms with Crippen LogP contribution in [0, 0.1) is 5.82 Å². The molecule has 2 N–H and O–H groups in total. The number of nitrogens with one attached hydrogen (secondary N) is 1. The Balaban J connectivity index is 1.83. The Hall–Kier alpha value is -1.71. The number of hydrogen-bond donors (Lipinski definition) is 2. The van der Waals surface area contributed by atoms with Crippen LogP contribution >= 0.6 is 0 Å². The monoisotopic (exact) mass is 245 g/mol. The third-order valence-electron chi connectivity index (χ3n) is 2.74. The molecule has 2 aromatic rings. The largest absolute Gasteiger partial charge is 0.387 e. The van der Waals surface area contributed by atoms with Crippen LogP contribution in [0.1, 0.15) is 17.2 Å². The summed E-state index contributed by atoms with van der Waals surface area (Å²) in [6, 6.07) is 16.0. The molecule has 0 saturated carbocycles. The normalized spacial score (nSPS) is 12.3. The summed E-state index contributed by atoms with van der Waals surface area (Å²) in [6.45, 7) is 1.09. The molecule has 1 atom stereocenters. The third kappa shape index (κ3) is 3.65. The van der Waals surface area contributed by atoms with Gasteiger partial charge in [-0.15, -0.1) is 0 Å². The summed E-state index contributed by atoms with van der Waals surface area (Å²) in [5.74, 6) is -0.324. The van der Waals surface area contributed by atoms with E-state index in [9.17, 15) is 9.50 Å². The fourth-order valence-electron chi connectivity index (χ4n) is 1.78. The molecule has 0 bridgehead atoms. The van der Waals surface area contributed by atoms with E-state index in [-0.39, 0.29) is 5.82 Å². The zero-order chi connectivity index (χ0) is 12.8. The summed E-state index contributed by atoms with van der Waals surface area (Å²) in [7, 11) is 0. The first kappa shape index (κ1) is 12.7. The Labute approximate surface area is 106 Å². The summed E-state index contributed by atoms with van der Waals surface area (Å²) in [6.07, 6.45) is -0.690. The quantitative estimate of drug-likeness (QED) is 0.848. The molecule has 0 aliphatic carbocycles. The molecule has 2 nitrogen and oxygen atoms in total. The van der Waals surface area contributed by atoms with Crippen LogP contribution in [0.2, 0.25) is 0 Å². The molecule has 0 aromatic heterocycles. The molecule has 2 rings (SSSR count). The van der Waals surface area contributed by atoms with Crippen LogP contribution in [-0.4, -0.2) is 11.7 Å². The van der Waals surface area contributed by atoms with Crippen LogP contribution in [0.25, 0.3) is 0 Å². The number of hydrogen-bond acceptors (Lipinski definition) is 2. The zero-order valence-corrected chi connectivity index (χ0v) is 10.0. The molecular weight excluding hydrogens is 229 g/mol. The number of halogens is 1. The van der Waals surface area contributed by atoms with Gasteiger partial charge in [-0.1, -0.05) is 42.5 Å². The van der Waals surface area contributed by atoms with E-state index >= 15 is 0 Å². The fourth-order valence-corrected chi connectivity index (χ4v) is 1.78. The van der Waals surface area contributed by atoms with Gasteiger partial charge in [0.05, 0.1) is 6.10 Å². The third-order valence-corrected chi connectivity index (χ3v) is 2.74. The van der Waals surface area contributed by atoms with Gasteiger partial charge in [0.15, 0.2) is 0 Å². The molecule has 18 heavy (non-hydrogen) atoms. The Morgan fingerprint density at radius 2 is 1.83 bits per heavy atom. The Morgan fingerprint density at radius 1 is 1.06 bits per heavy atom. The minimum atomic E-state index is -0.690. The van der Waals surface area contributed by atoms with Crippen molar-refractivity contribution in [1.82, 2.24) is 5.32 Å². The molecule has 3 heteroatoms. The highest BCUT2D eigenvalue weighted by atomic mass is 19.1. The average molecular weight is 245 g/mol. The number of benzene rings is 2. The maximum atomic E-state index is 13.0. The molecule has 2 aromatic carbocycles. The van der Waals surface area contributed by atoms with Gasteiger partial charge < -0.3 is 10.4 Å². The van der Waals surface area contributed by atoms with Crippen LogP contribution in [0.15, 0.2) is 54.6 Å². The summed E-state index contributed by atoms with van der Waals surface area (Å²) >= 11 is 0. The smallest absolute Gasteiger partial charge is 0.123 e. The maximum Gasteiger partial charge on any atom is 0.123 e. The second-order valence-electron chi connectivity index (χ2n) is 4.19. The van der Waals surface area contributed by atoms with Crippen molar-refractivity contribution in [2.75, 3.05) is 6.54 Å². The highest BCUT2D eigenvalue weighted by Gasteiger charge is 2.07. The predicted molar refractivity (Wildman–Crippen MR) is 69.5 cm³/mol. The molecule has 0 aliphatic rings. The van der Waals surface area contributed by atoms with E-state index in [1.54, 1.807) is 12.1 Å². The predicted octanol–water partition coefficient (Wildman–Crippen LogP) is 2.65. The van der Waals surface area contributed by atoms with E-state index in [4.69, 9.17) is 0 Å². The van der Waals surface area contributed by atoms with Crippen LogP contribution in [-0.2, 0) is 6.54 Å². The van der Waals surface area contributed by atoms with Gasteiger partial charge in [0.25, 0.3) is 0 Å². The van der Waals surface area contributed by atoms with Crippen LogP contribution in [0.4, 0.5) is 4.39 Å². The first-order valence-electron chi connectivity index (χ1n) is 5.94. The van der Waals surface area contributed by atoms with Gasteiger partial charge in [-0.25, -0.2) is 4.39 Å². The lowest BCUT2D eigenvalue weighted by atomic mass is 10.1. The molecule has 0 saturated heterocycles. The van der Waals surface area contributed by atoms with Crippen molar-refractivity contribution >= 4 is 0 Å². The van der Waals surface area contributed by atoms with E-state index in [1.807, 2.05) is 30.3 Å². The highest BCUT2D eigenvalue weighted by molar-refractivity contribution is 5.19. The van der Waals surface area contributed by atoms with Crippen molar-refractivity contribution in [3.8, 4) is 0 Å². The van der Waals surface area contributed by atoms with Gasteiger partial charge >= 0.3 is 0 Å². The van der Waals surface area contributed by atoms with E-state index in [0.29, 0.717) is 18.7 Å². The van der Waals surface area contributed by atoms with Gasteiger partial charge in [0, 0.05) is 13.1 Å². The van der Waals surface area contributed by atoms with Gasteiger partial charge in [-0.05, 0) is 23.3 Å². The molecule has 0 spiro atoms. The van der Waals surface area contributed by atoms with Crippen molar-refractivity contribution in [1.29, 1.82) is 0 Å². The number of aliphatic hydroxyl groups is 1. The molecule has 0 radical (unpaired) electrons. The van der Waals surface area contributed by atoms with Crippen molar-refractivity contribution in [2.45, 2.75) is 12.6 Å². The van der Waals surface area contributed by atoms with E-state index in [0.717, 1.165) is 5.56 Å². The summed E-state index contributed by atoms with van der Waals surface area (Å²) in [5, 5.41) is 13.0. The Kier molecular flexibility index (Phi) is 4.45. The Morgan fingerprint density at radius 3 is 2.56 bits per heavy atom. The second kappa shape index (κ2) is 6.28. The van der Waals surface area contributed by atoms with Gasteiger partial charge in [0.2, 0.25) is 0 Å². The van der Waals surface area contributed by atoms with Crippen LogP contribution < -0.4 is 5.32 Å². The topological polar surface area (TPSA) is 32.3 Å². The summed E-state index contributed by atoms with van der Waals surface area (Å²) < 4.78 is 13.0. The van der Waals surface area contributed by atoms with E-state index in [1.165, 1.54) is 12.1 Å². The molecule has 94 valence electrons. The van der Waals surface area contributed by atoms with Crippen molar-refractivity contribution in [2.24, 2.45) is 0 Å². The van der Waals surface area contributed by atoms with Crippen LogP contribution in [0.3, 0.4) is 0 Å². The minimum Gasteiger partial charge on any atom is -0.387 e. The standard InChI is InChI=1S/C15H16FNO/c16-14-8-4-7-13(9-14)15(18)11-17-10-12-5-2-1-3-6-12/h1-9,15,17-18H,10-11H2/t15-/m1/s1. The number of aliphatic hydroxyl groups excluding tert-OH is 1. The number of rotatable bonds is 5. The first-order chi connectivity index (χ1) is 8.75. The second-order valence-corrected chi connectivity index (χ2v) is 4.19. The van der Waals surface area contributed by atoms with Crippen molar-refractivity contribution < 1.29 is 9.50 Å². The molecule has 0 fully saturated rings. The molecule has 0 unspecified atom stereocenters. The zero-order valence-electron chi connectivity index (χ0n) is 10.0. The van der Waals surface area contributed by atoms with Gasteiger partial charge in [0.1, 0.15) is 5.82 Å². The maximum absolute atomic E-state index is 13.0.